The minimum atomic E-state index is -0.244. The molecule has 33 heavy (non-hydrogen) atoms. The summed E-state index contributed by atoms with van der Waals surface area (Å²) >= 11 is 0. The van der Waals surface area contributed by atoms with E-state index in [4.69, 9.17) is 15.5 Å². The Hall–Kier alpha value is -3.85. The predicted molar refractivity (Wildman–Crippen MR) is 130 cm³/mol. The Morgan fingerprint density at radius 3 is 2.67 bits per heavy atom. The van der Waals surface area contributed by atoms with Crippen LogP contribution in [0.15, 0.2) is 48.7 Å². The molecule has 0 saturated carbocycles. The van der Waals surface area contributed by atoms with Gasteiger partial charge in [0.1, 0.15) is 11.4 Å². The summed E-state index contributed by atoms with van der Waals surface area (Å²) in [4.78, 5) is 16.0. The van der Waals surface area contributed by atoms with Crippen molar-refractivity contribution in [1.82, 2.24) is 19.5 Å². The minimum Gasteiger partial charge on any atom is -0.494 e. The molecule has 1 aliphatic heterocycles. The average Bonchev–Trinajstić information content (AvgIpc) is 3.17. The second-order valence-corrected chi connectivity index (χ2v) is 8.20. The highest BCUT2D eigenvalue weighted by Gasteiger charge is 2.21. The molecule has 170 valence electrons. The second kappa shape index (κ2) is 8.59. The van der Waals surface area contributed by atoms with Gasteiger partial charge >= 0.3 is 0 Å². The molecule has 0 atom stereocenters. The lowest BCUT2D eigenvalue weighted by Gasteiger charge is -2.32. The Labute approximate surface area is 191 Å². The molecule has 5 rings (SSSR count). The number of hydrogen-bond donors (Lipinski definition) is 3. The van der Waals surface area contributed by atoms with Gasteiger partial charge in [0.25, 0.3) is 0 Å². The fourth-order valence-electron chi connectivity index (χ4n) is 4.27. The van der Waals surface area contributed by atoms with Crippen molar-refractivity contribution in [1.29, 1.82) is 0 Å². The molecule has 9 nitrogen and oxygen atoms in total. The number of nitrogen functional groups attached to an aromatic ring is 1. The van der Waals surface area contributed by atoms with E-state index in [2.05, 4.69) is 20.2 Å². The van der Waals surface area contributed by atoms with E-state index in [-0.39, 0.29) is 6.10 Å². The first-order valence-corrected chi connectivity index (χ1v) is 11.0. The summed E-state index contributed by atoms with van der Waals surface area (Å²) < 4.78 is 7.65. The fourth-order valence-corrected chi connectivity index (χ4v) is 4.27. The van der Waals surface area contributed by atoms with Crippen LogP contribution in [0.4, 0.5) is 23.0 Å². The summed E-state index contributed by atoms with van der Waals surface area (Å²) in [5.74, 6) is 1.82. The molecule has 3 heterocycles. The number of para-hydroxylation sites is 2. The molecule has 4 N–H and O–H groups in total. The van der Waals surface area contributed by atoms with Crippen LogP contribution in [0.2, 0.25) is 0 Å². The number of nitrogens with zero attached hydrogens (tertiary/aromatic N) is 5. The molecule has 1 saturated heterocycles. The van der Waals surface area contributed by atoms with Gasteiger partial charge in [0.15, 0.2) is 5.82 Å². The highest BCUT2D eigenvalue weighted by atomic mass is 16.5. The van der Waals surface area contributed by atoms with Crippen molar-refractivity contribution in [2.45, 2.75) is 18.9 Å². The zero-order valence-corrected chi connectivity index (χ0v) is 18.7. The van der Waals surface area contributed by atoms with Crippen LogP contribution in [0.5, 0.6) is 5.75 Å². The standard InChI is InChI=1S/C24H27N7O2/c1-30-20-6-4-3-5-17(20)27-23(30)18-7-10-26-24(28-18)29-19-13-16(25)21(14-22(19)33-2)31-11-8-15(32)9-12-31/h3-7,10,13-15,32H,8-9,11-12,25H2,1-2H3,(H,26,28,29). The van der Waals surface area contributed by atoms with Crippen molar-refractivity contribution >= 4 is 34.0 Å². The van der Waals surface area contributed by atoms with Gasteiger partial charge in [0.2, 0.25) is 5.95 Å². The number of aliphatic hydroxyl groups excluding tert-OH is 1. The number of hydrogen-bond acceptors (Lipinski definition) is 8. The van der Waals surface area contributed by atoms with E-state index in [0.717, 1.165) is 48.5 Å². The Bertz CT molecular complexity index is 1300. The first-order valence-electron chi connectivity index (χ1n) is 11.0. The topological polar surface area (TPSA) is 114 Å². The molecular formula is C24H27N7O2. The van der Waals surface area contributed by atoms with Gasteiger partial charge in [-0.05, 0) is 37.1 Å². The molecule has 0 radical (unpaired) electrons. The summed E-state index contributed by atoms with van der Waals surface area (Å²) in [5.41, 5.74) is 11.3. The number of aromatic nitrogens is 4. The molecule has 4 aromatic rings. The average molecular weight is 446 g/mol. The van der Waals surface area contributed by atoms with Crippen molar-refractivity contribution < 1.29 is 9.84 Å². The highest BCUT2D eigenvalue weighted by molar-refractivity contribution is 5.81. The van der Waals surface area contributed by atoms with E-state index >= 15 is 0 Å². The maximum atomic E-state index is 9.80. The molecule has 2 aromatic carbocycles. The largest absolute Gasteiger partial charge is 0.494 e. The lowest BCUT2D eigenvalue weighted by atomic mass is 10.1. The summed E-state index contributed by atoms with van der Waals surface area (Å²) in [7, 11) is 3.60. The molecule has 0 aliphatic carbocycles. The van der Waals surface area contributed by atoms with Crippen molar-refractivity contribution in [3.63, 3.8) is 0 Å². The van der Waals surface area contributed by atoms with Crippen LogP contribution in [-0.4, -0.2) is 50.9 Å². The summed E-state index contributed by atoms with van der Waals surface area (Å²) in [6.07, 6.45) is 2.91. The third-order valence-corrected chi connectivity index (χ3v) is 6.07. The van der Waals surface area contributed by atoms with Crippen molar-refractivity contribution in [3.05, 3.63) is 48.7 Å². The minimum absolute atomic E-state index is 0.244. The predicted octanol–water partition coefficient (Wildman–Crippen LogP) is 3.33. The van der Waals surface area contributed by atoms with Crippen LogP contribution in [0.3, 0.4) is 0 Å². The Morgan fingerprint density at radius 1 is 1.12 bits per heavy atom. The number of methoxy groups -OCH3 is 1. The van der Waals surface area contributed by atoms with Crippen LogP contribution in [-0.2, 0) is 7.05 Å². The van der Waals surface area contributed by atoms with E-state index in [1.165, 1.54) is 0 Å². The number of aryl methyl sites for hydroxylation is 1. The number of anilines is 4. The van der Waals surface area contributed by atoms with Gasteiger partial charge in [0.05, 0.1) is 41.3 Å². The molecule has 0 bridgehead atoms. The summed E-state index contributed by atoms with van der Waals surface area (Å²) in [6, 6.07) is 13.6. The molecule has 2 aromatic heterocycles. The summed E-state index contributed by atoms with van der Waals surface area (Å²) in [6.45, 7) is 1.51. The number of imidazole rings is 1. The van der Waals surface area contributed by atoms with Gasteiger partial charge < -0.3 is 30.4 Å². The van der Waals surface area contributed by atoms with Gasteiger partial charge in [0, 0.05) is 32.4 Å². The molecule has 1 aliphatic rings. The molecule has 0 amide bonds. The van der Waals surface area contributed by atoms with Crippen molar-refractivity contribution in [3.8, 4) is 17.3 Å². The van der Waals surface area contributed by atoms with Gasteiger partial charge in [-0.2, -0.15) is 0 Å². The lowest BCUT2D eigenvalue weighted by Crippen LogP contribution is -2.36. The smallest absolute Gasteiger partial charge is 0.227 e. The number of nitrogens with two attached hydrogens (primary N) is 1. The van der Waals surface area contributed by atoms with Crippen LogP contribution >= 0.6 is 0 Å². The van der Waals surface area contributed by atoms with Crippen LogP contribution in [0.25, 0.3) is 22.6 Å². The number of ether oxygens (including phenoxy) is 1. The molecule has 1 fully saturated rings. The Balaban J connectivity index is 1.44. The number of benzene rings is 2. The quantitative estimate of drug-likeness (QED) is 0.401. The zero-order chi connectivity index (χ0) is 22.9. The molecule has 0 spiro atoms. The number of nitrogens with one attached hydrogen (secondary N) is 1. The van der Waals surface area contributed by atoms with Gasteiger partial charge in [-0.1, -0.05) is 12.1 Å². The van der Waals surface area contributed by atoms with E-state index in [1.54, 1.807) is 13.3 Å². The van der Waals surface area contributed by atoms with Gasteiger partial charge in [-0.15, -0.1) is 0 Å². The zero-order valence-electron chi connectivity index (χ0n) is 18.7. The molecule has 0 unspecified atom stereocenters. The number of piperidine rings is 1. The Kier molecular flexibility index (Phi) is 5.47. The van der Waals surface area contributed by atoms with E-state index in [9.17, 15) is 5.11 Å². The third kappa shape index (κ3) is 4.03. The van der Waals surface area contributed by atoms with Gasteiger partial charge in [-0.3, -0.25) is 0 Å². The molecule has 9 heteroatoms. The maximum absolute atomic E-state index is 9.80. The second-order valence-electron chi connectivity index (χ2n) is 8.20. The first kappa shape index (κ1) is 21.0. The summed E-state index contributed by atoms with van der Waals surface area (Å²) in [5, 5.41) is 13.0. The molecular weight excluding hydrogens is 418 g/mol. The third-order valence-electron chi connectivity index (χ3n) is 6.07. The SMILES string of the molecule is COc1cc(N2CCC(O)CC2)c(N)cc1Nc1nccc(-c2nc3ccccc3n2C)n1. The van der Waals surface area contributed by atoms with E-state index < -0.39 is 0 Å². The normalized spacial score (nSPS) is 14.6. The Morgan fingerprint density at radius 2 is 1.91 bits per heavy atom. The van der Waals surface area contributed by atoms with E-state index in [0.29, 0.717) is 28.8 Å². The highest BCUT2D eigenvalue weighted by Crippen LogP contribution is 2.37. The van der Waals surface area contributed by atoms with Crippen molar-refractivity contribution in [2.75, 3.05) is 36.1 Å². The van der Waals surface area contributed by atoms with Crippen LogP contribution in [0, 0.1) is 0 Å². The maximum Gasteiger partial charge on any atom is 0.227 e. The van der Waals surface area contributed by atoms with Crippen molar-refractivity contribution in [2.24, 2.45) is 7.05 Å². The number of aliphatic hydroxyl groups is 1. The van der Waals surface area contributed by atoms with E-state index in [1.807, 2.05) is 54.1 Å². The van der Waals surface area contributed by atoms with Crippen LogP contribution in [0.1, 0.15) is 12.8 Å². The number of rotatable bonds is 5. The monoisotopic (exact) mass is 445 g/mol. The fraction of sp³-hybridized carbons (Fsp3) is 0.292. The lowest BCUT2D eigenvalue weighted by molar-refractivity contribution is 0.145. The first-order chi connectivity index (χ1) is 16.0. The van der Waals surface area contributed by atoms with Gasteiger partial charge in [-0.25, -0.2) is 15.0 Å². The number of fused-ring (bicyclic) bond motifs is 1. The van der Waals surface area contributed by atoms with Crippen LogP contribution < -0.4 is 20.7 Å².